The molecule has 1 aromatic carbocycles. The van der Waals surface area contributed by atoms with Crippen molar-refractivity contribution in [3.63, 3.8) is 0 Å². The molecule has 0 N–H and O–H groups in total. The fraction of sp³-hybridized carbons (Fsp3) is 0.0909. The maximum atomic E-state index is 6.01. The highest BCUT2D eigenvalue weighted by atomic mass is 79.9. The first-order valence-electron chi connectivity index (χ1n) is 4.32. The van der Waals surface area contributed by atoms with Crippen molar-refractivity contribution < 1.29 is 0 Å². The Kier molecular flexibility index (Phi) is 3.88. The van der Waals surface area contributed by atoms with Gasteiger partial charge in [-0.15, -0.1) is 11.3 Å². The van der Waals surface area contributed by atoms with E-state index in [9.17, 15) is 0 Å². The van der Waals surface area contributed by atoms with Gasteiger partial charge < -0.3 is 0 Å². The third-order valence-electron chi connectivity index (χ3n) is 2.01. The first-order valence-corrected chi connectivity index (χ1v) is 7.22. The Morgan fingerprint density at radius 3 is 2.40 bits per heavy atom. The summed E-state index contributed by atoms with van der Waals surface area (Å²) in [6, 6.07) is 12.3. The summed E-state index contributed by atoms with van der Waals surface area (Å²) in [4.78, 5) is 1.42. The second kappa shape index (κ2) is 5.00. The average Bonchev–Trinajstić information content (AvgIpc) is 2.59. The molecular weight excluding hydrogens is 359 g/mol. The minimum atomic E-state index is 0.215. The molecule has 78 valence electrons. The lowest BCUT2D eigenvalue weighted by Crippen LogP contribution is -1.87. The van der Waals surface area contributed by atoms with E-state index in [2.05, 4.69) is 50.1 Å². The van der Waals surface area contributed by atoms with Crippen molar-refractivity contribution in [1.82, 2.24) is 0 Å². The van der Waals surface area contributed by atoms with E-state index in [0.29, 0.717) is 0 Å². The van der Waals surface area contributed by atoms with Crippen LogP contribution < -0.4 is 0 Å². The predicted molar refractivity (Wildman–Crippen MR) is 74.2 cm³/mol. The quantitative estimate of drug-likeness (QED) is 0.603. The number of benzene rings is 1. The van der Waals surface area contributed by atoms with Gasteiger partial charge in [-0.05, 0) is 27.6 Å². The highest BCUT2D eigenvalue weighted by Crippen LogP contribution is 2.40. The summed E-state index contributed by atoms with van der Waals surface area (Å²) in [7, 11) is 0. The molecule has 1 unspecified atom stereocenters. The van der Waals surface area contributed by atoms with Gasteiger partial charge in [0.1, 0.15) is 4.34 Å². The molecular formula is C11H7Br2ClS. The van der Waals surface area contributed by atoms with Gasteiger partial charge in [0.05, 0.1) is 4.83 Å². The van der Waals surface area contributed by atoms with Gasteiger partial charge in [0.15, 0.2) is 0 Å². The number of hydrogen-bond acceptors (Lipinski definition) is 1. The molecule has 2 rings (SSSR count). The van der Waals surface area contributed by atoms with Crippen LogP contribution in [0.3, 0.4) is 0 Å². The minimum absolute atomic E-state index is 0.215. The lowest BCUT2D eigenvalue weighted by Gasteiger charge is -2.06. The molecule has 0 aliphatic heterocycles. The second-order valence-electron chi connectivity index (χ2n) is 3.04. The molecule has 0 saturated heterocycles. The van der Waals surface area contributed by atoms with Crippen LogP contribution in [-0.2, 0) is 0 Å². The highest BCUT2D eigenvalue weighted by Gasteiger charge is 2.14. The van der Waals surface area contributed by atoms with Gasteiger partial charge >= 0.3 is 0 Å². The lowest BCUT2D eigenvalue weighted by molar-refractivity contribution is 1.22. The summed E-state index contributed by atoms with van der Waals surface area (Å²) < 4.78 is 1.76. The zero-order chi connectivity index (χ0) is 10.8. The maximum absolute atomic E-state index is 6.01. The van der Waals surface area contributed by atoms with E-state index in [1.807, 2.05) is 18.2 Å². The third kappa shape index (κ3) is 2.64. The van der Waals surface area contributed by atoms with E-state index in [1.165, 1.54) is 10.4 Å². The Hall–Kier alpha value is 0.170. The summed E-state index contributed by atoms with van der Waals surface area (Å²) in [6.07, 6.45) is 0. The van der Waals surface area contributed by atoms with E-state index >= 15 is 0 Å². The Labute approximate surface area is 115 Å². The van der Waals surface area contributed by atoms with Crippen molar-refractivity contribution in [2.75, 3.05) is 0 Å². The summed E-state index contributed by atoms with van der Waals surface area (Å²) in [5.41, 5.74) is 1.24. The van der Waals surface area contributed by atoms with Crippen LogP contribution in [0.1, 0.15) is 15.3 Å². The first-order chi connectivity index (χ1) is 7.18. The summed E-state index contributed by atoms with van der Waals surface area (Å²) in [6.45, 7) is 0. The number of hydrogen-bond donors (Lipinski definition) is 0. The molecule has 0 saturated carbocycles. The van der Waals surface area contributed by atoms with Gasteiger partial charge in [0, 0.05) is 9.35 Å². The molecule has 0 aliphatic rings. The highest BCUT2D eigenvalue weighted by molar-refractivity contribution is 9.10. The van der Waals surface area contributed by atoms with Crippen LogP contribution in [0, 0.1) is 0 Å². The summed E-state index contributed by atoms with van der Waals surface area (Å²) in [5, 5.41) is 0. The van der Waals surface area contributed by atoms with E-state index < -0.39 is 0 Å². The van der Waals surface area contributed by atoms with Crippen molar-refractivity contribution in [1.29, 1.82) is 0 Å². The van der Waals surface area contributed by atoms with Gasteiger partial charge in [-0.25, -0.2) is 0 Å². The number of alkyl halides is 1. The number of rotatable bonds is 2. The molecule has 15 heavy (non-hydrogen) atoms. The Balaban J connectivity index is 2.32. The average molecular weight is 367 g/mol. The van der Waals surface area contributed by atoms with Crippen molar-refractivity contribution in [3.8, 4) is 0 Å². The SMILES string of the molecule is Clc1sc(C(Br)c2ccccc2)cc1Br. The molecule has 1 heterocycles. The normalized spacial score (nSPS) is 12.7. The van der Waals surface area contributed by atoms with Crippen molar-refractivity contribution in [3.05, 3.63) is 55.6 Å². The fourth-order valence-electron chi connectivity index (χ4n) is 1.27. The van der Waals surface area contributed by atoms with Crippen LogP contribution in [0.25, 0.3) is 0 Å². The largest absolute Gasteiger partial charge is 0.126 e. The van der Waals surface area contributed by atoms with Gasteiger partial charge in [-0.1, -0.05) is 57.9 Å². The predicted octanol–water partition coefficient (Wildman–Crippen LogP) is 5.65. The smallest absolute Gasteiger partial charge is 0.107 e. The standard InChI is InChI=1S/C11H7Br2ClS/c12-8-6-9(15-11(8)14)10(13)7-4-2-1-3-5-7/h1-6,10H. The molecule has 4 heteroatoms. The third-order valence-corrected chi connectivity index (χ3v) is 5.87. The molecule has 0 radical (unpaired) electrons. The van der Waals surface area contributed by atoms with Crippen LogP contribution in [0.2, 0.25) is 4.34 Å². The molecule has 0 amide bonds. The molecule has 0 fully saturated rings. The van der Waals surface area contributed by atoms with E-state index in [0.717, 1.165) is 8.81 Å². The molecule has 0 aliphatic carbocycles. The summed E-state index contributed by atoms with van der Waals surface area (Å²) in [5.74, 6) is 0. The van der Waals surface area contributed by atoms with Crippen LogP contribution >= 0.6 is 54.8 Å². The van der Waals surface area contributed by atoms with Gasteiger partial charge in [-0.2, -0.15) is 0 Å². The van der Waals surface area contributed by atoms with Crippen LogP contribution in [-0.4, -0.2) is 0 Å². The number of halogens is 3. The van der Waals surface area contributed by atoms with Crippen molar-refractivity contribution in [2.24, 2.45) is 0 Å². The van der Waals surface area contributed by atoms with Crippen molar-refractivity contribution in [2.45, 2.75) is 4.83 Å². The Morgan fingerprint density at radius 1 is 1.20 bits per heavy atom. The fourth-order valence-corrected chi connectivity index (χ4v) is 3.73. The molecule has 1 aromatic heterocycles. The molecule has 0 bridgehead atoms. The van der Waals surface area contributed by atoms with Crippen LogP contribution in [0.15, 0.2) is 40.9 Å². The topological polar surface area (TPSA) is 0 Å². The van der Waals surface area contributed by atoms with Gasteiger partial charge in [0.2, 0.25) is 0 Å². The molecule has 2 aromatic rings. The molecule has 1 atom stereocenters. The van der Waals surface area contributed by atoms with Crippen LogP contribution in [0.4, 0.5) is 0 Å². The number of thiophene rings is 1. The maximum Gasteiger partial charge on any atom is 0.107 e. The Morgan fingerprint density at radius 2 is 1.87 bits per heavy atom. The van der Waals surface area contributed by atoms with E-state index in [1.54, 1.807) is 11.3 Å². The zero-order valence-electron chi connectivity index (χ0n) is 7.58. The Bertz CT molecular complexity index is 433. The lowest BCUT2D eigenvalue weighted by atomic mass is 10.1. The second-order valence-corrected chi connectivity index (χ2v) is 6.50. The molecule has 0 spiro atoms. The van der Waals surface area contributed by atoms with Crippen LogP contribution in [0.5, 0.6) is 0 Å². The molecule has 0 nitrogen and oxygen atoms in total. The van der Waals surface area contributed by atoms with Crippen molar-refractivity contribution >= 4 is 54.8 Å². The first kappa shape index (κ1) is 11.6. The van der Waals surface area contributed by atoms with Gasteiger partial charge in [0.25, 0.3) is 0 Å². The zero-order valence-corrected chi connectivity index (χ0v) is 12.3. The summed E-state index contributed by atoms with van der Waals surface area (Å²) >= 11 is 14.7. The monoisotopic (exact) mass is 364 g/mol. The minimum Gasteiger partial charge on any atom is -0.126 e. The van der Waals surface area contributed by atoms with Gasteiger partial charge in [-0.3, -0.25) is 0 Å². The van der Waals surface area contributed by atoms with E-state index in [-0.39, 0.29) is 4.83 Å². The van der Waals surface area contributed by atoms with E-state index in [4.69, 9.17) is 11.6 Å².